The molecule has 0 aliphatic carbocycles. The van der Waals surface area contributed by atoms with Crippen molar-refractivity contribution in [3.63, 3.8) is 0 Å². The van der Waals surface area contributed by atoms with Gasteiger partial charge >= 0.3 is 251 Å². The number of hydrogen-bond acceptors (Lipinski definition) is 4. The van der Waals surface area contributed by atoms with E-state index in [0.29, 0.717) is 27.6 Å². The zero-order valence-electron chi connectivity index (χ0n) is 23.5. The van der Waals surface area contributed by atoms with Gasteiger partial charge in [-0.2, -0.15) is 0 Å². The average molecular weight is 655 g/mol. The van der Waals surface area contributed by atoms with Gasteiger partial charge in [-0.15, -0.1) is 0 Å². The van der Waals surface area contributed by atoms with Crippen LogP contribution in [-0.4, -0.2) is 49.8 Å². The Morgan fingerprint density at radius 2 is 1.81 bits per heavy atom. The maximum atomic E-state index is 13.4. The van der Waals surface area contributed by atoms with Crippen LogP contribution in [0.3, 0.4) is 0 Å². The molecule has 0 spiro atoms. The number of para-hydroxylation sites is 1. The van der Waals surface area contributed by atoms with Gasteiger partial charge in [-0.05, 0) is 0 Å². The van der Waals surface area contributed by atoms with E-state index in [0.717, 1.165) is 29.3 Å². The van der Waals surface area contributed by atoms with Crippen molar-refractivity contribution < 1.29 is 14.3 Å². The monoisotopic (exact) mass is 654 g/mol. The van der Waals surface area contributed by atoms with E-state index >= 15 is 0 Å². The molecule has 0 radical (unpaired) electrons. The van der Waals surface area contributed by atoms with Crippen molar-refractivity contribution in [1.82, 2.24) is 14.9 Å². The topological polar surface area (TPSA) is 99.2 Å². The zero-order chi connectivity index (χ0) is 29.8. The van der Waals surface area contributed by atoms with E-state index in [4.69, 9.17) is 22.1 Å². The number of aromatic nitrogens is 2. The molecule has 43 heavy (non-hydrogen) atoms. The number of carbonyl (C=O) groups excluding carboxylic acids is 2. The van der Waals surface area contributed by atoms with E-state index in [9.17, 15) is 9.59 Å². The van der Waals surface area contributed by atoms with Crippen LogP contribution in [0.25, 0.3) is 10.8 Å². The molecule has 2 amide bonds. The summed E-state index contributed by atoms with van der Waals surface area (Å²) in [4.78, 5) is 30.1. The Hall–Kier alpha value is -4.06. The Morgan fingerprint density at radius 1 is 1.02 bits per heavy atom. The number of hydrogen-bond donors (Lipinski definition) is 2. The molecule has 1 aromatic heterocycles. The van der Waals surface area contributed by atoms with Crippen molar-refractivity contribution in [1.29, 1.82) is 0 Å². The summed E-state index contributed by atoms with van der Waals surface area (Å²) in [5, 5.41) is 6.88. The van der Waals surface area contributed by atoms with Gasteiger partial charge in [0.25, 0.3) is 0 Å². The van der Waals surface area contributed by atoms with E-state index in [1.165, 1.54) is 22.0 Å². The number of nitrogens with one attached hydrogen (secondary N) is 1. The molecular weight excluding hydrogens is 623 g/mol. The SMILES string of the molecule is NC(=O)[C@H](Cc1ccc(Cl)cc1)NC(=O)c1cccc2c1OCCC2[AsH]Cc1cncn1Cc1ccc2ccccc2c1. The first-order valence-corrected chi connectivity index (χ1v) is 17.3. The summed E-state index contributed by atoms with van der Waals surface area (Å²) in [5.74, 6) is -0.359. The molecule has 2 heterocycles. The summed E-state index contributed by atoms with van der Waals surface area (Å²) in [6.07, 6.45) is 5.07. The van der Waals surface area contributed by atoms with Gasteiger partial charge in [0.05, 0.1) is 0 Å². The van der Waals surface area contributed by atoms with Crippen molar-refractivity contribution in [2.45, 2.75) is 35.3 Å². The van der Waals surface area contributed by atoms with Crippen LogP contribution < -0.4 is 15.8 Å². The third kappa shape index (κ3) is 6.79. The summed E-state index contributed by atoms with van der Waals surface area (Å²) < 4.78 is 8.65. The molecule has 5 aromatic rings. The minimum absolute atomic E-state index is 0.274. The summed E-state index contributed by atoms with van der Waals surface area (Å²) in [7, 11) is 0. The van der Waals surface area contributed by atoms with Crippen molar-refractivity contribution in [3.8, 4) is 5.75 Å². The molecule has 1 aliphatic rings. The van der Waals surface area contributed by atoms with Crippen molar-refractivity contribution in [2.75, 3.05) is 6.61 Å². The summed E-state index contributed by atoms with van der Waals surface area (Å²) in [6.45, 7) is 1.32. The minimum atomic E-state index is -0.861. The standard InChI is InChI=1S/C34H32AsClN4O3/c36-26-12-9-22(10-13-26)17-31(33(37)41)39-34(42)29-7-3-6-28-30(14-15-43-32(28)29)35-18-27-19-38-21-40(27)20-23-8-11-24-4-1-2-5-25(24)16-23/h1-13,16,19,21,30-31,35H,14-15,17-18,20H2,(H2,37,41)(H,39,42)/t30?,31-/m0/s1. The van der Waals surface area contributed by atoms with Crippen LogP contribution in [-0.2, 0) is 23.0 Å². The van der Waals surface area contributed by atoms with Crippen LogP contribution in [0.1, 0.15) is 43.9 Å². The van der Waals surface area contributed by atoms with Gasteiger partial charge in [-0.25, -0.2) is 0 Å². The Morgan fingerprint density at radius 3 is 2.63 bits per heavy atom. The second-order valence-electron chi connectivity index (χ2n) is 10.7. The number of imidazole rings is 1. The van der Waals surface area contributed by atoms with E-state index < -0.39 is 27.7 Å². The van der Waals surface area contributed by atoms with Gasteiger partial charge in [0.15, 0.2) is 0 Å². The molecule has 9 heteroatoms. The number of carbonyl (C=O) groups is 2. The summed E-state index contributed by atoms with van der Waals surface area (Å²) in [6, 6.07) is 27.0. The fourth-order valence-electron chi connectivity index (χ4n) is 5.53. The Balaban J connectivity index is 1.14. The van der Waals surface area contributed by atoms with E-state index in [2.05, 4.69) is 63.4 Å². The Labute approximate surface area is 262 Å². The molecule has 1 aliphatic heterocycles. The number of benzene rings is 4. The third-order valence-corrected chi connectivity index (χ3v) is 11.5. The number of ether oxygens (including phenoxy) is 1. The first kappa shape index (κ1) is 29.0. The maximum absolute atomic E-state index is 13.4. The molecule has 0 bridgehead atoms. The molecule has 3 N–H and O–H groups in total. The normalized spacial score (nSPS) is 15.2. The van der Waals surface area contributed by atoms with E-state index in [1.54, 1.807) is 18.2 Å². The van der Waals surface area contributed by atoms with Gasteiger partial charge in [0.1, 0.15) is 0 Å². The molecule has 0 saturated heterocycles. The number of halogens is 1. The van der Waals surface area contributed by atoms with Gasteiger partial charge in [-0.3, -0.25) is 0 Å². The molecule has 6 rings (SSSR count). The van der Waals surface area contributed by atoms with Crippen molar-refractivity contribution in [2.24, 2.45) is 5.73 Å². The molecule has 0 saturated carbocycles. The quantitative estimate of drug-likeness (QED) is 0.207. The molecule has 3 atom stereocenters. The van der Waals surface area contributed by atoms with Crippen molar-refractivity contribution >= 4 is 49.9 Å². The fourth-order valence-corrected chi connectivity index (χ4v) is 8.84. The summed E-state index contributed by atoms with van der Waals surface area (Å²) in [5.41, 5.74) is 10.5. The Kier molecular flexibility index (Phi) is 8.82. The van der Waals surface area contributed by atoms with Crippen LogP contribution in [0.2, 0.25) is 5.02 Å². The third-order valence-electron chi connectivity index (χ3n) is 7.82. The number of fused-ring (bicyclic) bond motifs is 2. The van der Waals surface area contributed by atoms with Gasteiger partial charge in [0.2, 0.25) is 0 Å². The fraction of sp³-hybridized carbons (Fsp3) is 0.206. The van der Waals surface area contributed by atoms with Gasteiger partial charge < -0.3 is 0 Å². The number of nitrogens with two attached hydrogens (primary N) is 1. The molecular formula is C34H32AsClN4O3. The van der Waals surface area contributed by atoms with Crippen LogP contribution in [0.4, 0.5) is 0 Å². The average Bonchev–Trinajstić information content (AvgIpc) is 3.46. The molecule has 4 aromatic carbocycles. The summed E-state index contributed by atoms with van der Waals surface area (Å²) >= 11 is 5.51. The van der Waals surface area contributed by atoms with Gasteiger partial charge in [-0.1, -0.05) is 11.6 Å². The van der Waals surface area contributed by atoms with Crippen LogP contribution in [0, 0.1) is 0 Å². The van der Waals surface area contributed by atoms with Crippen LogP contribution in [0.15, 0.2) is 97.5 Å². The molecule has 2 unspecified atom stereocenters. The molecule has 0 fully saturated rings. The second kappa shape index (κ2) is 13.1. The zero-order valence-corrected chi connectivity index (χ0v) is 26.4. The number of rotatable bonds is 10. The second-order valence-corrected chi connectivity index (χ2v) is 14.2. The van der Waals surface area contributed by atoms with Crippen molar-refractivity contribution in [3.05, 3.63) is 130 Å². The predicted octanol–water partition coefficient (Wildman–Crippen LogP) is 5.02. The van der Waals surface area contributed by atoms with E-state index in [1.807, 2.05) is 30.7 Å². The molecule has 218 valence electrons. The van der Waals surface area contributed by atoms with Gasteiger partial charge in [0, 0.05) is 0 Å². The van der Waals surface area contributed by atoms with Crippen LogP contribution in [0.5, 0.6) is 5.75 Å². The van der Waals surface area contributed by atoms with E-state index in [-0.39, 0.29) is 12.3 Å². The number of primary amides is 1. The first-order valence-electron chi connectivity index (χ1n) is 14.2. The first-order chi connectivity index (χ1) is 20.9. The number of nitrogens with zero attached hydrogens (tertiary/aromatic N) is 2. The molecule has 7 nitrogen and oxygen atoms in total. The predicted molar refractivity (Wildman–Crippen MR) is 171 cm³/mol. The number of amides is 2. The van der Waals surface area contributed by atoms with Crippen LogP contribution >= 0.6 is 11.6 Å². The Bertz CT molecular complexity index is 1770.